The number of carbonyl (C=O) groups is 1. The lowest BCUT2D eigenvalue weighted by Crippen LogP contribution is -2.26. The van der Waals surface area contributed by atoms with Crippen molar-refractivity contribution in [3.63, 3.8) is 0 Å². The second kappa shape index (κ2) is 8.49. The molecule has 0 atom stereocenters. The third-order valence-corrected chi connectivity index (χ3v) is 8.80. The summed E-state index contributed by atoms with van der Waals surface area (Å²) in [6, 6.07) is 5.90. The first-order chi connectivity index (χ1) is 16.8. The molecule has 1 aromatic carbocycles. The molecule has 0 unspecified atom stereocenters. The van der Waals surface area contributed by atoms with Crippen LogP contribution in [0.25, 0.3) is 10.6 Å². The van der Waals surface area contributed by atoms with Crippen molar-refractivity contribution in [1.82, 2.24) is 20.2 Å². The largest absolute Gasteiger partial charge is 0.420 e. The van der Waals surface area contributed by atoms with E-state index in [9.17, 15) is 18.0 Å². The molecule has 4 heterocycles. The Labute approximate surface area is 208 Å². The molecule has 0 spiro atoms. The van der Waals surface area contributed by atoms with Gasteiger partial charge in [0.05, 0.1) is 10.6 Å². The summed E-state index contributed by atoms with van der Waals surface area (Å²) in [6.07, 6.45) is -1.59. The first kappa shape index (κ1) is 22.8. The average Bonchev–Trinajstić information content (AvgIpc) is 3.44. The maximum Gasteiger partial charge on any atom is 0.420 e. The van der Waals surface area contributed by atoms with Crippen LogP contribution in [-0.4, -0.2) is 40.1 Å². The molecular formula is C24H22F3N5OS2. The van der Waals surface area contributed by atoms with Crippen LogP contribution in [0, 0.1) is 0 Å². The molecule has 6 rings (SSSR count). The lowest BCUT2D eigenvalue weighted by atomic mass is 10.0. The number of fused-ring (bicyclic) bond motifs is 2. The van der Waals surface area contributed by atoms with Crippen LogP contribution in [0.1, 0.15) is 50.7 Å². The van der Waals surface area contributed by atoms with E-state index in [0.29, 0.717) is 32.9 Å². The highest BCUT2D eigenvalue weighted by molar-refractivity contribution is 7.99. The number of benzene rings is 1. The third-order valence-electron chi connectivity index (χ3n) is 6.52. The second-order valence-electron chi connectivity index (χ2n) is 9.04. The fraction of sp³-hybridized carbons (Fsp3) is 0.375. The summed E-state index contributed by atoms with van der Waals surface area (Å²) in [5.74, 6) is 1.07. The maximum atomic E-state index is 13.9. The molecule has 6 nitrogen and oxygen atoms in total. The quantitative estimate of drug-likeness (QED) is 0.468. The highest BCUT2D eigenvalue weighted by Gasteiger charge is 2.37. The van der Waals surface area contributed by atoms with Crippen LogP contribution in [0.3, 0.4) is 0 Å². The molecule has 35 heavy (non-hydrogen) atoms. The Hall–Kier alpha value is -2.63. The van der Waals surface area contributed by atoms with Crippen LogP contribution in [-0.2, 0) is 19.3 Å². The summed E-state index contributed by atoms with van der Waals surface area (Å²) in [5.41, 5.74) is 3.32. The number of nitrogens with zero attached hydrogens (tertiary/aromatic N) is 3. The van der Waals surface area contributed by atoms with E-state index in [1.165, 1.54) is 22.9 Å². The molecule has 182 valence electrons. The van der Waals surface area contributed by atoms with E-state index < -0.39 is 11.7 Å². The number of thiophene rings is 1. The van der Waals surface area contributed by atoms with Gasteiger partial charge < -0.3 is 15.5 Å². The molecule has 11 heteroatoms. The van der Waals surface area contributed by atoms with Gasteiger partial charge >= 0.3 is 6.18 Å². The molecule has 0 saturated heterocycles. The van der Waals surface area contributed by atoms with Crippen LogP contribution in [0.2, 0.25) is 0 Å². The van der Waals surface area contributed by atoms with Crippen molar-refractivity contribution >= 4 is 40.6 Å². The van der Waals surface area contributed by atoms with Crippen LogP contribution >= 0.6 is 23.1 Å². The van der Waals surface area contributed by atoms with Crippen molar-refractivity contribution in [2.75, 3.05) is 24.7 Å². The average molecular weight is 518 g/mol. The number of rotatable bonds is 4. The predicted molar refractivity (Wildman–Crippen MR) is 130 cm³/mol. The summed E-state index contributed by atoms with van der Waals surface area (Å²) in [7, 11) is 1.70. The van der Waals surface area contributed by atoms with Crippen molar-refractivity contribution in [3.05, 3.63) is 51.5 Å². The Bertz CT molecular complexity index is 1340. The Morgan fingerprint density at radius 1 is 1.17 bits per heavy atom. The summed E-state index contributed by atoms with van der Waals surface area (Å²) < 4.78 is 41.8. The molecule has 0 radical (unpaired) electrons. The van der Waals surface area contributed by atoms with Crippen molar-refractivity contribution < 1.29 is 18.0 Å². The topological polar surface area (TPSA) is 70.2 Å². The minimum Gasteiger partial charge on any atom is -0.340 e. The number of nitrogens with one attached hydrogen (secondary N) is 2. The number of aromatic nitrogens is 2. The Morgan fingerprint density at radius 2 is 1.94 bits per heavy atom. The molecule has 1 fully saturated rings. The molecule has 3 aromatic rings. The van der Waals surface area contributed by atoms with E-state index in [1.54, 1.807) is 18.0 Å². The van der Waals surface area contributed by atoms with Gasteiger partial charge in [0.25, 0.3) is 5.91 Å². The van der Waals surface area contributed by atoms with Crippen LogP contribution in [0.15, 0.2) is 29.3 Å². The lowest BCUT2D eigenvalue weighted by Gasteiger charge is -2.16. The van der Waals surface area contributed by atoms with Gasteiger partial charge in [-0.15, -0.1) is 23.1 Å². The number of alkyl halides is 3. The van der Waals surface area contributed by atoms with E-state index in [1.807, 2.05) is 0 Å². The van der Waals surface area contributed by atoms with E-state index >= 15 is 0 Å². The monoisotopic (exact) mass is 517 g/mol. The number of hydrogen-bond acceptors (Lipinski definition) is 7. The highest BCUT2D eigenvalue weighted by Crippen LogP contribution is 2.46. The van der Waals surface area contributed by atoms with E-state index in [4.69, 9.17) is 0 Å². The Kier molecular flexibility index (Phi) is 5.53. The van der Waals surface area contributed by atoms with Crippen molar-refractivity contribution in [2.45, 2.75) is 42.9 Å². The summed E-state index contributed by atoms with van der Waals surface area (Å²) in [5, 5.41) is 6.55. The number of hydrogen-bond donors (Lipinski definition) is 2. The fourth-order valence-corrected chi connectivity index (χ4v) is 6.91. The minimum atomic E-state index is -4.62. The van der Waals surface area contributed by atoms with Gasteiger partial charge in [-0.25, -0.2) is 9.97 Å². The van der Waals surface area contributed by atoms with E-state index in [0.717, 1.165) is 54.7 Å². The van der Waals surface area contributed by atoms with Gasteiger partial charge in [0.15, 0.2) is 0 Å². The molecule has 1 amide bonds. The molecule has 0 bridgehead atoms. The number of amides is 1. The van der Waals surface area contributed by atoms with Gasteiger partial charge in [0.1, 0.15) is 10.4 Å². The van der Waals surface area contributed by atoms with Gasteiger partial charge in [-0.1, -0.05) is 6.07 Å². The van der Waals surface area contributed by atoms with Gasteiger partial charge in [-0.3, -0.25) is 4.79 Å². The van der Waals surface area contributed by atoms with Crippen molar-refractivity contribution in [3.8, 4) is 10.6 Å². The van der Waals surface area contributed by atoms with Crippen molar-refractivity contribution in [1.29, 1.82) is 0 Å². The molecular weight excluding hydrogens is 495 g/mol. The number of halogens is 3. The standard InChI is InChI=1S/C24H22F3N5OS2/c1-32-4-5-34-19-8-18(35-21(19)22(32)33)20-16(24(25,26)27)11-29-23(31-20)30-17-7-14-10-28-9-13(14)6-15(17)12-2-3-12/h6-8,11-12,28H,2-5,9-10H2,1H3,(H,29,30,31). The maximum absolute atomic E-state index is 13.9. The zero-order chi connectivity index (χ0) is 24.3. The van der Waals surface area contributed by atoms with Gasteiger partial charge in [-0.2, -0.15) is 13.2 Å². The second-order valence-corrected chi connectivity index (χ2v) is 11.2. The van der Waals surface area contributed by atoms with Crippen LogP contribution < -0.4 is 10.6 Å². The lowest BCUT2D eigenvalue weighted by molar-refractivity contribution is -0.137. The number of thioether (sulfide) groups is 1. The zero-order valence-corrected chi connectivity index (χ0v) is 20.5. The summed E-state index contributed by atoms with van der Waals surface area (Å²) >= 11 is 2.53. The fourth-order valence-electron chi connectivity index (χ4n) is 4.48. The summed E-state index contributed by atoms with van der Waals surface area (Å²) in [6.45, 7) is 2.18. The van der Waals surface area contributed by atoms with E-state index in [2.05, 4.69) is 32.7 Å². The molecule has 2 aromatic heterocycles. The predicted octanol–water partition coefficient (Wildman–Crippen LogP) is 5.63. The molecule has 2 aliphatic heterocycles. The van der Waals surface area contributed by atoms with Gasteiger partial charge in [0.2, 0.25) is 5.95 Å². The van der Waals surface area contributed by atoms with Crippen LogP contribution in [0.4, 0.5) is 24.8 Å². The molecule has 1 saturated carbocycles. The molecule has 2 N–H and O–H groups in total. The highest BCUT2D eigenvalue weighted by atomic mass is 32.2. The first-order valence-corrected chi connectivity index (χ1v) is 13.2. The minimum absolute atomic E-state index is 0.112. The number of carbonyl (C=O) groups excluding carboxylic acids is 1. The normalized spacial score (nSPS) is 17.8. The molecule has 3 aliphatic rings. The number of anilines is 2. The van der Waals surface area contributed by atoms with Crippen LogP contribution in [0.5, 0.6) is 0 Å². The third kappa shape index (κ3) is 4.30. The van der Waals surface area contributed by atoms with Gasteiger partial charge in [0, 0.05) is 49.2 Å². The Balaban J connectivity index is 1.42. The van der Waals surface area contributed by atoms with Crippen molar-refractivity contribution in [2.24, 2.45) is 0 Å². The SMILES string of the molecule is CN1CCSc2cc(-c3nc(Nc4cc5c(cc4C4CC4)CNC5)ncc3C(F)(F)F)sc2C1=O. The smallest absolute Gasteiger partial charge is 0.340 e. The van der Waals surface area contributed by atoms with E-state index in [-0.39, 0.29) is 17.5 Å². The van der Waals surface area contributed by atoms with Gasteiger partial charge in [-0.05, 0) is 47.6 Å². The Morgan fingerprint density at radius 3 is 2.69 bits per heavy atom. The zero-order valence-electron chi connectivity index (χ0n) is 18.8. The summed E-state index contributed by atoms with van der Waals surface area (Å²) in [4.78, 5) is 24.2. The first-order valence-electron chi connectivity index (χ1n) is 11.4. The molecule has 1 aliphatic carbocycles.